The summed E-state index contributed by atoms with van der Waals surface area (Å²) < 4.78 is 30.9. The number of carbonyl (C=O) groups excluding carboxylic acids is 1. The van der Waals surface area contributed by atoms with Crippen molar-refractivity contribution in [2.45, 2.75) is 51.8 Å². The van der Waals surface area contributed by atoms with Crippen LogP contribution in [0, 0.1) is 0 Å². The first kappa shape index (κ1) is 17.2. The van der Waals surface area contributed by atoms with Gasteiger partial charge in [-0.1, -0.05) is 0 Å². The lowest BCUT2D eigenvalue weighted by Crippen LogP contribution is -2.43. The average molecular weight is 308 g/mol. The molecule has 1 fully saturated rings. The standard InChI is InChI=1S/C12H24N2O5S/c1-5-20(17,18)13-9-6-10(8-15)14(7-9)11(16)19-12(2,3)4/h9-10,13,15H,5-8H2,1-4H3/t9-,10-/m0/s1. The minimum atomic E-state index is -3.33. The molecule has 0 aliphatic carbocycles. The molecule has 1 aliphatic rings. The monoisotopic (exact) mass is 308 g/mol. The molecule has 0 aromatic rings. The van der Waals surface area contributed by atoms with Crippen LogP contribution in [0.3, 0.4) is 0 Å². The fourth-order valence-electron chi connectivity index (χ4n) is 2.06. The fraction of sp³-hybridized carbons (Fsp3) is 0.917. The Morgan fingerprint density at radius 1 is 1.45 bits per heavy atom. The van der Waals surface area contributed by atoms with Crippen LogP contribution in [-0.2, 0) is 14.8 Å². The van der Waals surface area contributed by atoms with E-state index in [1.54, 1.807) is 27.7 Å². The van der Waals surface area contributed by atoms with Gasteiger partial charge in [-0.3, -0.25) is 0 Å². The summed E-state index contributed by atoms with van der Waals surface area (Å²) in [6.45, 7) is 6.81. The Balaban J connectivity index is 2.71. The van der Waals surface area contributed by atoms with Gasteiger partial charge in [0.05, 0.1) is 18.4 Å². The molecule has 0 saturated carbocycles. The highest BCUT2D eigenvalue weighted by atomic mass is 32.2. The number of nitrogens with zero attached hydrogens (tertiary/aromatic N) is 1. The van der Waals surface area contributed by atoms with Gasteiger partial charge in [0.25, 0.3) is 0 Å². The molecule has 1 aliphatic heterocycles. The van der Waals surface area contributed by atoms with Crippen LogP contribution in [0.1, 0.15) is 34.1 Å². The van der Waals surface area contributed by atoms with E-state index in [1.165, 1.54) is 4.90 Å². The topological polar surface area (TPSA) is 95.9 Å². The summed E-state index contributed by atoms with van der Waals surface area (Å²) in [5.41, 5.74) is -0.627. The van der Waals surface area contributed by atoms with Gasteiger partial charge in [-0.15, -0.1) is 0 Å². The Hall–Kier alpha value is -0.860. The molecule has 0 bridgehead atoms. The van der Waals surface area contributed by atoms with E-state index in [2.05, 4.69) is 4.72 Å². The van der Waals surface area contributed by atoms with Gasteiger partial charge in [-0.05, 0) is 34.1 Å². The predicted molar refractivity (Wildman–Crippen MR) is 74.8 cm³/mol. The number of amides is 1. The number of ether oxygens (including phenoxy) is 1. The first-order valence-corrected chi connectivity index (χ1v) is 8.33. The minimum absolute atomic E-state index is 0.0142. The molecule has 0 unspecified atom stereocenters. The number of rotatable bonds is 4. The molecule has 0 aromatic carbocycles. The van der Waals surface area contributed by atoms with Crippen molar-refractivity contribution < 1.29 is 23.1 Å². The van der Waals surface area contributed by atoms with Crippen LogP contribution in [0.15, 0.2) is 0 Å². The molecule has 8 heteroatoms. The summed E-state index contributed by atoms with van der Waals surface area (Å²) in [6.07, 6.45) is -0.149. The van der Waals surface area contributed by atoms with E-state index in [0.29, 0.717) is 6.42 Å². The van der Waals surface area contributed by atoms with Gasteiger partial charge < -0.3 is 14.7 Å². The SMILES string of the molecule is CCS(=O)(=O)N[C@H]1C[C@@H](CO)N(C(=O)OC(C)(C)C)C1. The zero-order valence-electron chi connectivity index (χ0n) is 12.4. The number of aliphatic hydroxyl groups is 1. The highest BCUT2D eigenvalue weighted by Gasteiger charge is 2.38. The number of nitrogens with one attached hydrogen (secondary N) is 1. The van der Waals surface area contributed by atoms with Gasteiger partial charge >= 0.3 is 6.09 Å². The van der Waals surface area contributed by atoms with Crippen molar-refractivity contribution in [3.8, 4) is 0 Å². The molecule has 0 aromatic heterocycles. The second-order valence-electron chi connectivity index (χ2n) is 5.92. The van der Waals surface area contributed by atoms with Gasteiger partial charge in [0.2, 0.25) is 10.0 Å². The Labute approximate surface area is 120 Å². The van der Waals surface area contributed by atoms with Crippen molar-refractivity contribution in [3.63, 3.8) is 0 Å². The molecule has 20 heavy (non-hydrogen) atoms. The Bertz CT molecular complexity index is 443. The highest BCUT2D eigenvalue weighted by Crippen LogP contribution is 2.21. The predicted octanol–water partition coefficient (Wildman–Crippen LogP) is 0.296. The molecule has 0 spiro atoms. The number of hydrogen-bond acceptors (Lipinski definition) is 5. The molecule has 0 radical (unpaired) electrons. The second kappa shape index (κ2) is 6.28. The molecule has 1 saturated heterocycles. The zero-order chi connectivity index (χ0) is 15.6. The van der Waals surface area contributed by atoms with Gasteiger partial charge in [-0.2, -0.15) is 0 Å². The summed E-state index contributed by atoms with van der Waals surface area (Å²) in [7, 11) is -3.33. The van der Waals surface area contributed by atoms with E-state index in [1.807, 2.05) is 0 Å². The third-order valence-electron chi connectivity index (χ3n) is 2.98. The van der Waals surface area contributed by atoms with Crippen molar-refractivity contribution in [3.05, 3.63) is 0 Å². The normalized spacial score (nSPS) is 23.9. The quantitative estimate of drug-likeness (QED) is 0.778. The maximum absolute atomic E-state index is 12.0. The Kier molecular flexibility index (Phi) is 5.39. The number of likely N-dealkylation sites (tertiary alicyclic amines) is 1. The number of hydrogen-bond donors (Lipinski definition) is 2. The average Bonchev–Trinajstić information content (AvgIpc) is 2.69. The second-order valence-corrected chi connectivity index (χ2v) is 7.97. The molecule has 2 atom stereocenters. The van der Waals surface area contributed by atoms with E-state index >= 15 is 0 Å². The highest BCUT2D eigenvalue weighted by molar-refractivity contribution is 7.89. The van der Waals surface area contributed by atoms with Crippen molar-refractivity contribution in [2.24, 2.45) is 0 Å². The van der Waals surface area contributed by atoms with Crippen molar-refractivity contribution in [1.29, 1.82) is 0 Å². The third kappa shape index (κ3) is 4.92. The summed E-state index contributed by atoms with van der Waals surface area (Å²) in [5, 5.41) is 9.33. The maximum atomic E-state index is 12.0. The number of sulfonamides is 1. The Morgan fingerprint density at radius 2 is 2.05 bits per heavy atom. The first-order valence-electron chi connectivity index (χ1n) is 6.68. The Morgan fingerprint density at radius 3 is 2.50 bits per heavy atom. The van der Waals surface area contributed by atoms with Crippen LogP contribution >= 0.6 is 0 Å². The van der Waals surface area contributed by atoms with Crippen molar-refractivity contribution in [1.82, 2.24) is 9.62 Å². The maximum Gasteiger partial charge on any atom is 0.410 e. The van der Waals surface area contributed by atoms with Crippen LogP contribution < -0.4 is 4.72 Å². The van der Waals surface area contributed by atoms with Gasteiger partial charge in [0.1, 0.15) is 5.60 Å². The van der Waals surface area contributed by atoms with Gasteiger partial charge in [-0.25, -0.2) is 17.9 Å². The van der Waals surface area contributed by atoms with E-state index in [0.717, 1.165) is 0 Å². The molecular formula is C12H24N2O5S. The lowest BCUT2D eigenvalue weighted by atomic mass is 10.2. The molecule has 7 nitrogen and oxygen atoms in total. The van der Waals surface area contributed by atoms with E-state index in [9.17, 15) is 18.3 Å². The van der Waals surface area contributed by atoms with Gasteiger partial charge in [0, 0.05) is 12.6 Å². The largest absolute Gasteiger partial charge is 0.444 e. The number of aliphatic hydroxyl groups excluding tert-OH is 1. The van der Waals surface area contributed by atoms with E-state index in [4.69, 9.17) is 4.74 Å². The third-order valence-corrected chi connectivity index (χ3v) is 4.43. The molecule has 1 rings (SSSR count). The summed E-state index contributed by atoms with van der Waals surface area (Å²) in [6, 6.07) is -0.806. The van der Waals surface area contributed by atoms with Crippen LogP contribution in [0.25, 0.3) is 0 Å². The van der Waals surface area contributed by atoms with Crippen LogP contribution in [0.5, 0.6) is 0 Å². The zero-order valence-corrected chi connectivity index (χ0v) is 13.2. The van der Waals surface area contributed by atoms with Crippen LogP contribution in [0.2, 0.25) is 0 Å². The lowest BCUT2D eigenvalue weighted by Gasteiger charge is -2.27. The van der Waals surface area contributed by atoms with Crippen molar-refractivity contribution >= 4 is 16.1 Å². The minimum Gasteiger partial charge on any atom is -0.444 e. The summed E-state index contributed by atoms with van der Waals surface area (Å²) in [4.78, 5) is 13.4. The summed E-state index contributed by atoms with van der Waals surface area (Å²) in [5.74, 6) is -0.0142. The molecule has 1 heterocycles. The molecule has 1 amide bonds. The smallest absolute Gasteiger partial charge is 0.410 e. The van der Waals surface area contributed by atoms with E-state index in [-0.39, 0.29) is 24.9 Å². The first-order chi connectivity index (χ1) is 9.08. The molecule has 118 valence electrons. The van der Waals surface area contributed by atoms with Gasteiger partial charge in [0.15, 0.2) is 0 Å². The van der Waals surface area contributed by atoms with E-state index < -0.39 is 27.8 Å². The van der Waals surface area contributed by atoms with Crippen LogP contribution in [0.4, 0.5) is 4.79 Å². The fourth-order valence-corrected chi connectivity index (χ4v) is 2.90. The van der Waals surface area contributed by atoms with Crippen molar-refractivity contribution in [2.75, 3.05) is 18.9 Å². The summed E-state index contributed by atoms with van der Waals surface area (Å²) >= 11 is 0. The molecule has 2 N–H and O–H groups in total. The lowest BCUT2D eigenvalue weighted by molar-refractivity contribution is 0.0174. The molecular weight excluding hydrogens is 284 g/mol. The number of carbonyl (C=O) groups is 1. The van der Waals surface area contributed by atoms with Crippen LogP contribution in [-0.4, -0.2) is 61.1 Å².